The van der Waals surface area contributed by atoms with Crippen molar-refractivity contribution in [1.29, 1.82) is 0 Å². The van der Waals surface area contributed by atoms with E-state index in [2.05, 4.69) is 8.75 Å². The Morgan fingerprint density at radius 2 is 2.20 bits per heavy atom. The van der Waals surface area contributed by atoms with Crippen LogP contribution < -0.4 is 0 Å². The predicted molar refractivity (Wildman–Crippen MR) is 59.8 cm³/mol. The average Bonchev–Trinajstić information content (AvgIpc) is 2.74. The van der Waals surface area contributed by atoms with Crippen LogP contribution in [0.2, 0.25) is 0 Å². The molecule has 15 heavy (non-hydrogen) atoms. The summed E-state index contributed by atoms with van der Waals surface area (Å²) >= 11 is 1.12. The van der Waals surface area contributed by atoms with Crippen LogP contribution in [0, 0.1) is 6.92 Å². The third-order valence-electron chi connectivity index (χ3n) is 2.39. The van der Waals surface area contributed by atoms with Gasteiger partial charge in [0.1, 0.15) is 11.8 Å². The number of aromatic nitrogens is 2. The first-order valence-electron chi connectivity index (χ1n) is 4.77. The Kier molecular flexibility index (Phi) is 3.08. The van der Waals surface area contributed by atoms with Gasteiger partial charge in [0.25, 0.3) is 0 Å². The minimum atomic E-state index is -0.551. The summed E-state index contributed by atoms with van der Waals surface area (Å²) < 4.78 is 7.90. The molecular weight excluding hydrogens is 208 g/mol. The molecule has 1 heterocycles. The lowest BCUT2D eigenvalue weighted by atomic mass is 10.0. The molecule has 1 aromatic heterocycles. The molecule has 0 radical (unpaired) electrons. The van der Waals surface area contributed by atoms with Crippen molar-refractivity contribution < 1.29 is 5.11 Å². The Bertz CT molecular complexity index is 428. The zero-order valence-electron chi connectivity index (χ0n) is 8.42. The molecule has 0 fully saturated rings. The van der Waals surface area contributed by atoms with Gasteiger partial charge in [0.15, 0.2) is 0 Å². The van der Waals surface area contributed by atoms with Gasteiger partial charge in [-0.2, -0.15) is 8.75 Å². The molecular formula is C11H12N2OS. The van der Waals surface area contributed by atoms with Gasteiger partial charge in [-0.15, -0.1) is 0 Å². The summed E-state index contributed by atoms with van der Waals surface area (Å²) in [7, 11) is 0. The number of aryl methyl sites for hydroxylation is 1. The molecule has 3 nitrogen and oxygen atoms in total. The van der Waals surface area contributed by atoms with Crippen LogP contribution in [0.4, 0.5) is 0 Å². The number of hydrogen-bond donors (Lipinski definition) is 1. The molecule has 0 aliphatic heterocycles. The van der Waals surface area contributed by atoms with Crippen molar-refractivity contribution in [3.63, 3.8) is 0 Å². The standard InChI is InChI=1S/C11H12N2OS/c1-8-4-2-3-5-9(8)6-11(14)10-7-12-15-13-10/h2-5,7,11,14H,6H2,1H3. The average molecular weight is 220 g/mol. The summed E-state index contributed by atoms with van der Waals surface area (Å²) in [5.74, 6) is 0. The highest BCUT2D eigenvalue weighted by Gasteiger charge is 2.12. The van der Waals surface area contributed by atoms with Gasteiger partial charge >= 0.3 is 0 Å². The van der Waals surface area contributed by atoms with E-state index in [1.807, 2.05) is 31.2 Å². The summed E-state index contributed by atoms with van der Waals surface area (Å²) in [6.07, 6.45) is 1.66. The summed E-state index contributed by atoms with van der Waals surface area (Å²) in [5, 5.41) is 9.89. The highest BCUT2D eigenvalue weighted by Crippen LogP contribution is 2.18. The first kappa shape index (κ1) is 10.3. The maximum atomic E-state index is 9.89. The third-order valence-corrected chi connectivity index (χ3v) is 2.89. The zero-order valence-corrected chi connectivity index (χ0v) is 9.24. The third kappa shape index (κ3) is 2.40. The maximum absolute atomic E-state index is 9.89. The Morgan fingerprint density at radius 1 is 1.40 bits per heavy atom. The molecule has 0 aliphatic rings. The van der Waals surface area contributed by atoms with E-state index >= 15 is 0 Å². The Labute approximate surface area is 92.7 Å². The van der Waals surface area contributed by atoms with Crippen molar-refractivity contribution in [2.75, 3.05) is 0 Å². The first-order valence-corrected chi connectivity index (χ1v) is 5.50. The Balaban J connectivity index is 2.13. The lowest BCUT2D eigenvalue weighted by Crippen LogP contribution is -2.03. The molecule has 0 saturated carbocycles. The number of hydrogen-bond acceptors (Lipinski definition) is 4. The fraction of sp³-hybridized carbons (Fsp3) is 0.273. The smallest absolute Gasteiger partial charge is 0.103 e. The van der Waals surface area contributed by atoms with Crippen LogP contribution in [0.5, 0.6) is 0 Å². The van der Waals surface area contributed by atoms with E-state index in [9.17, 15) is 5.11 Å². The van der Waals surface area contributed by atoms with Crippen LogP contribution in [-0.2, 0) is 6.42 Å². The van der Waals surface area contributed by atoms with Gasteiger partial charge in [-0.25, -0.2) is 0 Å². The van der Waals surface area contributed by atoms with Crippen LogP contribution >= 0.6 is 11.7 Å². The van der Waals surface area contributed by atoms with E-state index in [0.717, 1.165) is 17.3 Å². The molecule has 1 aromatic carbocycles. The van der Waals surface area contributed by atoms with E-state index in [4.69, 9.17) is 0 Å². The van der Waals surface area contributed by atoms with Crippen LogP contribution in [-0.4, -0.2) is 13.9 Å². The van der Waals surface area contributed by atoms with Gasteiger partial charge in [-0.1, -0.05) is 24.3 Å². The van der Waals surface area contributed by atoms with Crippen LogP contribution in [0.3, 0.4) is 0 Å². The molecule has 0 amide bonds. The molecule has 1 unspecified atom stereocenters. The first-order chi connectivity index (χ1) is 7.27. The van der Waals surface area contributed by atoms with Gasteiger partial charge in [0, 0.05) is 6.42 Å². The number of benzene rings is 1. The van der Waals surface area contributed by atoms with E-state index in [1.54, 1.807) is 6.20 Å². The second-order valence-electron chi connectivity index (χ2n) is 3.48. The highest BCUT2D eigenvalue weighted by molar-refractivity contribution is 6.99. The topological polar surface area (TPSA) is 46.0 Å². The van der Waals surface area contributed by atoms with Crippen molar-refractivity contribution >= 4 is 11.7 Å². The van der Waals surface area contributed by atoms with Crippen molar-refractivity contribution in [1.82, 2.24) is 8.75 Å². The van der Waals surface area contributed by atoms with Crippen LogP contribution in [0.15, 0.2) is 30.5 Å². The molecule has 0 spiro atoms. The molecule has 0 bridgehead atoms. The normalized spacial score (nSPS) is 12.7. The molecule has 2 rings (SSSR count). The number of rotatable bonds is 3. The molecule has 1 N–H and O–H groups in total. The van der Waals surface area contributed by atoms with E-state index in [-0.39, 0.29) is 0 Å². The predicted octanol–water partition coefficient (Wildman–Crippen LogP) is 2.12. The number of aliphatic hydroxyl groups is 1. The highest BCUT2D eigenvalue weighted by atomic mass is 32.1. The Hall–Kier alpha value is -1.26. The minimum absolute atomic E-state index is 0.551. The molecule has 0 saturated heterocycles. The van der Waals surface area contributed by atoms with E-state index in [0.29, 0.717) is 12.1 Å². The summed E-state index contributed by atoms with van der Waals surface area (Å²) in [6.45, 7) is 2.04. The summed E-state index contributed by atoms with van der Waals surface area (Å²) in [4.78, 5) is 0. The van der Waals surface area contributed by atoms with Crippen molar-refractivity contribution in [3.8, 4) is 0 Å². The van der Waals surface area contributed by atoms with E-state index < -0.39 is 6.10 Å². The van der Waals surface area contributed by atoms with Crippen molar-refractivity contribution in [2.45, 2.75) is 19.4 Å². The quantitative estimate of drug-likeness (QED) is 0.861. The molecule has 78 valence electrons. The van der Waals surface area contributed by atoms with Gasteiger partial charge < -0.3 is 5.11 Å². The van der Waals surface area contributed by atoms with Crippen molar-refractivity contribution in [3.05, 3.63) is 47.3 Å². The SMILES string of the molecule is Cc1ccccc1CC(O)c1cnsn1. The van der Waals surface area contributed by atoms with Gasteiger partial charge in [-0.3, -0.25) is 0 Å². The Morgan fingerprint density at radius 3 is 2.87 bits per heavy atom. The number of aliphatic hydroxyl groups excluding tert-OH is 1. The second kappa shape index (κ2) is 4.51. The van der Waals surface area contributed by atoms with Gasteiger partial charge in [0.2, 0.25) is 0 Å². The lowest BCUT2D eigenvalue weighted by Gasteiger charge is -2.09. The molecule has 0 aliphatic carbocycles. The monoisotopic (exact) mass is 220 g/mol. The fourth-order valence-electron chi connectivity index (χ4n) is 1.47. The van der Waals surface area contributed by atoms with Gasteiger partial charge in [-0.05, 0) is 18.1 Å². The second-order valence-corrected chi connectivity index (χ2v) is 4.04. The molecule has 2 aromatic rings. The summed E-state index contributed by atoms with van der Waals surface area (Å²) in [6, 6.07) is 8.05. The minimum Gasteiger partial charge on any atom is -0.386 e. The summed E-state index contributed by atoms with van der Waals surface area (Å²) in [5.41, 5.74) is 3.00. The molecule has 4 heteroatoms. The van der Waals surface area contributed by atoms with Gasteiger partial charge in [0.05, 0.1) is 17.9 Å². The molecule has 1 atom stereocenters. The number of nitrogens with zero attached hydrogens (tertiary/aromatic N) is 2. The lowest BCUT2D eigenvalue weighted by molar-refractivity contribution is 0.174. The van der Waals surface area contributed by atoms with Crippen LogP contribution in [0.25, 0.3) is 0 Å². The van der Waals surface area contributed by atoms with Crippen molar-refractivity contribution in [2.24, 2.45) is 0 Å². The van der Waals surface area contributed by atoms with E-state index in [1.165, 1.54) is 5.56 Å². The zero-order chi connectivity index (χ0) is 10.7. The fourth-order valence-corrected chi connectivity index (χ4v) is 1.94. The largest absolute Gasteiger partial charge is 0.386 e. The van der Waals surface area contributed by atoms with Crippen LogP contribution in [0.1, 0.15) is 22.9 Å². The maximum Gasteiger partial charge on any atom is 0.103 e.